The van der Waals surface area contributed by atoms with Crippen LogP contribution >= 0.6 is 0 Å². The Morgan fingerprint density at radius 3 is 2.56 bits per heavy atom. The zero-order valence-electron chi connectivity index (χ0n) is 15.2. The van der Waals surface area contributed by atoms with Crippen molar-refractivity contribution in [1.82, 2.24) is 24.3 Å². The minimum atomic E-state index is -1.22. The van der Waals surface area contributed by atoms with Crippen LogP contribution < -0.4 is 5.43 Å². The Kier molecular flexibility index (Phi) is 3.73. The van der Waals surface area contributed by atoms with E-state index in [0.29, 0.717) is 12.2 Å². The Bertz CT molecular complexity index is 1090. The molecule has 0 amide bonds. The number of carboxylic acid groups (broad SMARTS) is 1. The maximum absolute atomic E-state index is 12.4. The highest BCUT2D eigenvalue weighted by Gasteiger charge is 2.35. The number of fused-ring (bicyclic) bond motifs is 3. The summed E-state index contributed by atoms with van der Waals surface area (Å²) in [7, 11) is 0. The van der Waals surface area contributed by atoms with Crippen molar-refractivity contribution in [2.45, 2.75) is 33.4 Å². The molecule has 27 heavy (non-hydrogen) atoms. The molecule has 1 aliphatic heterocycles. The van der Waals surface area contributed by atoms with Gasteiger partial charge >= 0.3 is 5.97 Å². The van der Waals surface area contributed by atoms with Crippen LogP contribution in [0.2, 0.25) is 0 Å². The van der Waals surface area contributed by atoms with Crippen LogP contribution in [-0.2, 0) is 6.54 Å². The van der Waals surface area contributed by atoms with Gasteiger partial charge in [-0.15, -0.1) is 0 Å². The van der Waals surface area contributed by atoms with E-state index in [9.17, 15) is 14.7 Å². The third kappa shape index (κ3) is 2.73. The standard InChI is InChI=1S/C19H19N5O3/c1-19(2,3)16-9-24-17(12(7-22-24)11-5-20-10-21-6-11)14-4-15(25)13(18(26)27)8-23(14)16/h4-8,10,16H,9H2,1-3H3,(H,26,27)/t16-/m0/s1. The highest BCUT2D eigenvalue weighted by Crippen LogP contribution is 2.42. The molecule has 3 aromatic rings. The molecule has 0 saturated heterocycles. The van der Waals surface area contributed by atoms with E-state index in [1.165, 1.54) is 18.6 Å². The first-order chi connectivity index (χ1) is 12.8. The summed E-state index contributed by atoms with van der Waals surface area (Å²) in [5.41, 5.74) is 2.08. The van der Waals surface area contributed by atoms with Crippen molar-refractivity contribution >= 4 is 5.97 Å². The van der Waals surface area contributed by atoms with Crippen molar-refractivity contribution in [2.24, 2.45) is 5.41 Å². The number of carboxylic acids is 1. The maximum atomic E-state index is 12.4. The third-order valence-corrected chi connectivity index (χ3v) is 4.95. The zero-order chi connectivity index (χ0) is 19.3. The molecule has 0 radical (unpaired) electrons. The molecule has 1 N–H and O–H groups in total. The van der Waals surface area contributed by atoms with Crippen LogP contribution in [-0.4, -0.2) is 35.4 Å². The lowest BCUT2D eigenvalue weighted by molar-refractivity contribution is 0.0693. The van der Waals surface area contributed by atoms with Crippen LogP contribution in [0.4, 0.5) is 0 Å². The van der Waals surface area contributed by atoms with Crippen molar-refractivity contribution in [1.29, 1.82) is 0 Å². The molecule has 0 aromatic carbocycles. The highest BCUT2D eigenvalue weighted by molar-refractivity contribution is 5.88. The molecule has 138 valence electrons. The van der Waals surface area contributed by atoms with Gasteiger partial charge in [0.25, 0.3) is 0 Å². The van der Waals surface area contributed by atoms with Gasteiger partial charge in [0.1, 0.15) is 11.9 Å². The van der Waals surface area contributed by atoms with E-state index in [2.05, 4.69) is 35.8 Å². The minimum Gasteiger partial charge on any atom is -0.477 e. The molecule has 1 atom stereocenters. The van der Waals surface area contributed by atoms with Crippen molar-refractivity contribution in [2.75, 3.05) is 0 Å². The summed E-state index contributed by atoms with van der Waals surface area (Å²) in [6.07, 6.45) is 8.02. The molecule has 0 saturated carbocycles. The first kappa shape index (κ1) is 17.1. The predicted octanol–water partition coefficient (Wildman–Crippen LogP) is 2.47. The van der Waals surface area contributed by atoms with Gasteiger partial charge in [0.2, 0.25) is 0 Å². The zero-order valence-corrected chi connectivity index (χ0v) is 15.2. The number of hydrogen-bond donors (Lipinski definition) is 1. The van der Waals surface area contributed by atoms with Crippen LogP contribution in [0, 0.1) is 5.41 Å². The van der Waals surface area contributed by atoms with E-state index >= 15 is 0 Å². The molecule has 3 aromatic heterocycles. The fourth-order valence-electron chi connectivity index (χ4n) is 3.54. The van der Waals surface area contributed by atoms with Crippen LogP contribution in [0.3, 0.4) is 0 Å². The van der Waals surface area contributed by atoms with E-state index in [0.717, 1.165) is 16.8 Å². The van der Waals surface area contributed by atoms with Crippen LogP contribution in [0.1, 0.15) is 37.2 Å². The normalized spacial score (nSPS) is 15.9. The van der Waals surface area contributed by atoms with Crippen molar-refractivity contribution in [3.8, 4) is 22.5 Å². The topological polar surface area (TPSA) is 103 Å². The summed E-state index contributed by atoms with van der Waals surface area (Å²) in [5, 5.41) is 13.9. The van der Waals surface area contributed by atoms with Gasteiger partial charge in [-0.2, -0.15) is 5.10 Å². The molecule has 0 unspecified atom stereocenters. The van der Waals surface area contributed by atoms with Gasteiger partial charge in [-0.3, -0.25) is 9.48 Å². The number of carbonyl (C=O) groups is 1. The van der Waals surface area contributed by atoms with Gasteiger partial charge < -0.3 is 9.67 Å². The maximum Gasteiger partial charge on any atom is 0.341 e. The fraction of sp³-hybridized carbons (Fsp3) is 0.316. The van der Waals surface area contributed by atoms with Gasteiger partial charge in [-0.25, -0.2) is 14.8 Å². The summed E-state index contributed by atoms with van der Waals surface area (Å²) in [4.78, 5) is 32.0. The average molecular weight is 365 g/mol. The monoisotopic (exact) mass is 365 g/mol. The SMILES string of the molecule is CC(C)(C)[C@@H]1Cn2ncc(-c3cncnc3)c2-c2cc(=O)c(C(=O)O)cn21. The summed E-state index contributed by atoms with van der Waals surface area (Å²) >= 11 is 0. The molecule has 0 spiro atoms. The minimum absolute atomic E-state index is 0.0570. The first-order valence-electron chi connectivity index (χ1n) is 8.58. The smallest absolute Gasteiger partial charge is 0.341 e. The molecule has 0 aliphatic carbocycles. The van der Waals surface area contributed by atoms with Crippen molar-refractivity contribution in [3.05, 3.63) is 53.0 Å². The van der Waals surface area contributed by atoms with Gasteiger partial charge in [0.05, 0.1) is 30.2 Å². The Labute approximate surface area is 155 Å². The average Bonchev–Trinajstić information content (AvgIpc) is 3.04. The summed E-state index contributed by atoms with van der Waals surface area (Å²) < 4.78 is 3.77. The number of hydrogen-bond acceptors (Lipinski definition) is 5. The Morgan fingerprint density at radius 2 is 1.93 bits per heavy atom. The third-order valence-electron chi connectivity index (χ3n) is 4.95. The number of aromatic nitrogens is 5. The molecule has 4 rings (SSSR count). The molecular weight excluding hydrogens is 346 g/mol. The summed E-state index contributed by atoms with van der Waals surface area (Å²) in [5.74, 6) is -1.22. The van der Waals surface area contributed by atoms with Crippen LogP contribution in [0.5, 0.6) is 0 Å². The lowest BCUT2D eigenvalue weighted by atomic mass is 9.84. The Morgan fingerprint density at radius 1 is 1.22 bits per heavy atom. The van der Waals surface area contributed by atoms with Crippen molar-refractivity contribution in [3.63, 3.8) is 0 Å². The first-order valence-corrected chi connectivity index (χ1v) is 8.58. The van der Waals surface area contributed by atoms with Gasteiger partial charge in [-0.1, -0.05) is 20.8 Å². The van der Waals surface area contributed by atoms with Crippen LogP contribution in [0.25, 0.3) is 22.5 Å². The largest absolute Gasteiger partial charge is 0.477 e. The van der Waals surface area contributed by atoms with E-state index in [1.54, 1.807) is 18.6 Å². The Balaban J connectivity index is 2.02. The summed E-state index contributed by atoms with van der Waals surface area (Å²) in [6.45, 7) is 6.82. The molecule has 0 bridgehead atoms. The molecule has 8 heteroatoms. The van der Waals surface area contributed by atoms with Crippen LogP contribution in [0.15, 0.2) is 42.0 Å². The molecule has 0 fully saturated rings. The quantitative estimate of drug-likeness (QED) is 0.748. The molecule has 1 aliphatic rings. The van der Waals surface area contributed by atoms with Gasteiger partial charge in [0, 0.05) is 35.8 Å². The lowest BCUT2D eigenvalue weighted by Gasteiger charge is -2.38. The van der Waals surface area contributed by atoms with Gasteiger partial charge in [0.15, 0.2) is 5.43 Å². The number of rotatable bonds is 2. The predicted molar refractivity (Wildman–Crippen MR) is 98.4 cm³/mol. The second-order valence-electron chi connectivity index (χ2n) is 7.75. The number of nitrogens with zero attached hydrogens (tertiary/aromatic N) is 5. The fourth-order valence-corrected chi connectivity index (χ4v) is 3.54. The van der Waals surface area contributed by atoms with E-state index in [-0.39, 0.29) is 17.0 Å². The molecule has 4 heterocycles. The summed E-state index contributed by atoms with van der Waals surface area (Å²) in [6, 6.07) is 1.33. The highest BCUT2D eigenvalue weighted by atomic mass is 16.4. The Hall–Kier alpha value is -3.29. The van der Waals surface area contributed by atoms with E-state index in [4.69, 9.17) is 0 Å². The van der Waals surface area contributed by atoms with Gasteiger partial charge in [-0.05, 0) is 5.41 Å². The second kappa shape index (κ2) is 5.87. The second-order valence-corrected chi connectivity index (χ2v) is 7.75. The van der Waals surface area contributed by atoms with E-state index < -0.39 is 11.4 Å². The van der Waals surface area contributed by atoms with E-state index in [1.807, 2.05) is 9.25 Å². The molecule has 8 nitrogen and oxygen atoms in total. The lowest BCUT2D eigenvalue weighted by Crippen LogP contribution is -2.35. The number of aromatic carboxylic acids is 1. The molecular formula is C19H19N5O3. The van der Waals surface area contributed by atoms with Crippen molar-refractivity contribution < 1.29 is 9.90 Å². The number of pyridine rings is 1.